The first-order valence-electron chi connectivity index (χ1n) is 8.50. The summed E-state index contributed by atoms with van der Waals surface area (Å²) in [6.45, 7) is 0.145. The summed E-state index contributed by atoms with van der Waals surface area (Å²) in [6, 6.07) is 5.12. The fraction of sp³-hybridized carbons (Fsp3) is 0.667. The van der Waals surface area contributed by atoms with Gasteiger partial charge in [0.05, 0.1) is 5.60 Å². The lowest BCUT2D eigenvalue weighted by atomic mass is 9.70. The van der Waals surface area contributed by atoms with Gasteiger partial charge in [-0.15, -0.1) is 0 Å². The summed E-state index contributed by atoms with van der Waals surface area (Å²) < 4.78 is 41.9. The highest BCUT2D eigenvalue weighted by atomic mass is 19.4. The topological polar surface area (TPSA) is 32.7 Å². The van der Waals surface area contributed by atoms with Gasteiger partial charge >= 0.3 is 6.18 Å². The second-order valence-electron chi connectivity index (χ2n) is 7.18. The Morgan fingerprint density at radius 2 is 1.96 bits per heavy atom. The molecule has 1 fully saturated rings. The van der Waals surface area contributed by atoms with Crippen molar-refractivity contribution >= 4 is 0 Å². The fourth-order valence-corrected chi connectivity index (χ4v) is 4.05. The van der Waals surface area contributed by atoms with Crippen molar-refractivity contribution in [2.24, 2.45) is 0 Å². The highest BCUT2D eigenvalue weighted by Gasteiger charge is 2.41. The fourth-order valence-electron chi connectivity index (χ4n) is 4.05. The van der Waals surface area contributed by atoms with Crippen LogP contribution in [0.4, 0.5) is 13.2 Å². The minimum atomic E-state index is -4.34. The van der Waals surface area contributed by atoms with Crippen LogP contribution in [0.1, 0.15) is 49.1 Å². The van der Waals surface area contributed by atoms with Gasteiger partial charge < -0.3 is 14.7 Å². The number of rotatable bonds is 3. The Morgan fingerprint density at radius 1 is 1.25 bits per heavy atom. The second kappa shape index (κ2) is 6.56. The summed E-state index contributed by atoms with van der Waals surface area (Å²) in [5.41, 5.74) is 1.29. The van der Waals surface area contributed by atoms with Crippen LogP contribution in [-0.2, 0) is 6.54 Å². The van der Waals surface area contributed by atoms with Crippen molar-refractivity contribution in [1.29, 1.82) is 0 Å². The molecular weight excluding hydrogens is 319 g/mol. The molecule has 1 heterocycles. The minimum Gasteiger partial charge on any atom is -0.484 e. The zero-order valence-corrected chi connectivity index (χ0v) is 13.9. The first-order valence-corrected chi connectivity index (χ1v) is 8.50. The van der Waals surface area contributed by atoms with Crippen LogP contribution in [0, 0.1) is 0 Å². The molecule has 0 bridgehead atoms. The van der Waals surface area contributed by atoms with Gasteiger partial charge in [0.2, 0.25) is 0 Å². The number of likely N-dealkylation sites (N-methyl/N-ethyl adjacent to an activating group) is 1. The van der Waals surface area contributed by atoms with Crippen LogP contribution in [0.5, 0.6) is 5.75 Å². The Bertz CT molecular complexity index is 582. The molecule has 1 aromatic carbocycles. The number of halogens is 3. The van der Waals surface area contributed by atoms with Gasteiger partial charge in [-0.25, -0.2) is 0 Å². The average Bonchev–Trinajstić information content (AvgIpc) is 2.52. The van der Waals surface area contributed by atoms with E-state index < -0.39 is 18.4 Å². The molecule has 2 aliphatic rings. The molecule has 6 heteroatoms. The Balaban J connectivity index is 1.84. The largest absolute Gasteiger partial charge is 0.484 e. The van der Waals surface area contributed by atoms with Gasteiger partial charge in [0.15, 0.2) is 6.61 Å². The Hall–Kier alpha value is -1.27. The first kappa shape index (κ1) is 17.5. The molecule has 0 spiro atoms. The number of hydrogen-bond acceptors (Lipinski definition) is 3. The van der Waals surface area contributed by atoms with E-state index in [0.717, 1.165) is 49.8 Å². The molecule has 0 amide bonds. The normalized spacial score (nSPS) is 24.5. The number of ether oxygens (including phenoxy) is 1. The van der Waals surface area contributed by atoms with Crippen molar-refractivity contribution in [2.45, 2.75) is 56.3 Å². The van der Waals surface area contributed by atoms with E-state index in [1.807, 2.05) is 13.1 Å². The molecule has 1 aliphatic heterocycles. The summed E-state index contributed by atoms with van der Waals surface area (Å²) in [6.07, 6.45) is 0.445. The minimum absolute atomic E-state index is 0.00298. The van der Waals surface area contributed by atoms with Crippen molar-refractivity contribution in [3.8, 4) is 5.75 Å². The molecule has 1 aromatic rings. The lowest BCUT2D eigenvalue weighted by molar-refractivity contribution is -0.153. The zero-order chi connectivity index (χ0) is 17.4. The predicted octanol–water partition coefficient (Wildman–Crippen LogP) is 3.85. The Kier molecular flexibility index (Phi) is 4.80. The number of alkyl halides is 3. The van der Waals surface area contributed by atoms with Crippen molar-refractivity contribution in [3.05, 3.63) is 29.3 Å². The monoisotopic (exact) mass is 343 g/mol. The van der Waals surface area contributed by atoms with E-state index in [-0.39, 0.29) is 11.7 Å². The lowest BCUT2D eigenvalue weighted by Gasteiger charge is -2.44. The molecule has 1 aliphatic carbocycles. The summed E-state index contributed by atoms with van der Waals surface area (Å²) in [5, 5.41) is 11.1. The highest BCUT2D eigenvalue weighted by molar-refractivity contribution is 5.41. The Labute approximate surface area is 140 Å². The summed E-state index contributed by atoms with van der Waals surface area (Å²) >= 11 is 0. The van der Waals surface area contributed by atoms with Crippen LogP contribution in [0.25, 0.3) is 0 Å². The van der Waals surface area contributed by atoms with Crippen LogP contribution in [-0.4, -0.2) is 42.0 Å². The molecule has 1 N–H and O–H groups in total. The van der Waals surface area contributed by atoms with Gasteiger partial charge in [-0.1, -0.05) is 25.3 Å². The molecule has 1 atom stereocenters. The van der Waals surface area contributed by atoms with Gasteiger partial charge in [0.1, 0.15) is 5.75 Å². The van der Waals surface area contributed by atoms with Gasteiger partial charge in [-0.3, -0.25) is 0 Å². The van der Waals surface area contributed by atoms with E-state index in [0.29, 0.717) is 6.54 Å². The zero-order valence-electron chi connectivity index (χ0n) is 13.9. The predicted molar refractivity (Wildman–Crippen MR) is 85.1 cm³/mol. The van der Waals surface area contributed by atoms with E-state index in [9.17, 15) is 18.3 Å². The van der Waals surface area contributed by atoms with E-state index in [4.69, 9.17) is 4.74 Å². The van der Waals surface area contributed by atoms with Gasteiger partial charge in [-0.2, -0.15) is 13.2 Å². The summed E-state index contributed by atoms with van der Waals surface area (Å²) in [4.78, 5) is 2.12. The van der Waals surface area contributed by atoms with E-state index in [2.05, 4.69) is 4.90 Å². The maximum Gasteiger partial charge on any atom is 0.422 e. The maximum absolute atomic E-state index is 12.3. The van der Waals surface area contributed by atoms with Crippen molar-refractivity contribution < 1.29 is 23.0 Å². The van der Waals surface area contributed by atoms with Crippen LogP contribution in [0.15, 0.2) is 18.2 Å². The first-order chi connectivity index (χ1) is 11.3. The Morgan fingerprint density at radius 3 is 2.62 bits per heavy atom. The standard InChI is InChI=1S/C18H24F3NO2/c1-22-10-13-9-14(24-12-18(19,20)21)5-6-15(13)16(11-22)17(23)7-3-2-4-8-17/h5-6,9,16,23H,2-4,7-8,10-12H2,1H3. The number of benzene rings is 1. The van der Waals surface area contributed by atoms with Gasteiger partial charge in [-0.05, 0) is 43.1 Å². The van der Waals surface area contributed by atoms with Gasteiger partial charge in [0, 0.05) is 19.0 Å². The smallest absolute Gasteiger partial charge is 0.422 e. The molecule has 0 aromatic heterocycles. The summed E-state index contributed by atoms with van der Waals surface area (Å²) in [5.74, 6) is 0.235. The molecule has 0 saturated heterocycles. The number of aliphatic hydroxyl groups is 1. The maximum atomic E-state index is 12.3. The summed E-state index contributed by atoms with van der Waals surface area (Å²) in [7, 11) is 1.98. The number of hydrogen-bond donors (Lipinski definition) is 1. The molecular formula is C18H24F3NO2. The average molecular weight is 343 g/mol. The highest BCUT2D eigenvalue weighted by Crippen LogP contribution is 2.44. The van der Waals surface area contributed by atoms with Crippen LogP contribution in [0.3, 0.4) is 0 Å². The van der Waals surface area contributed by atoms with E-state index in [1.165, 1.54) is 0 Å². The van der Waals surface area contributed by atoms with Gasteiger partial charge in [0.25, 0.3) is 0 Å². The molecule has 3 rings (SSSR count). The number of nitrogens with zero attached hydrogens (tertiary/aromatic N) is 1. The third-order valence-corrected chi connectivity index (χ3v) is 5.19. The molecule has 1 saturated carbocycles. The molecule has 1 unspecified atom stereocenters. The van der Waals surface area contributed by atoms with Crippen molar-refractivity contribution in [2.75, 3.05) is 20.2 Å². The molecule has 134 valence electrons. The molecule has 24 heavy (non-hydrogen) atoms. The van der Waals surface area contributed by atoms with Crippen LogP contribution >= 0.6 is 0 Å². The third-order valence-electron chi connectivity index (χ3n) is 5.19. The third kappa shape index (κ3) is 3.86. The molecule has 0 radical (unpaired) electrons. The second-order valence-corrected chi connectivity index (χ2v) is 7.18. The number of fused-ring (bicyclic) bond motifs is 1. The van der Waals surface area contributed by atoms with E-state index >= 15 is 0 Å². The van der Waals surface area contributed by atoms with Crippen LogP contribution < -0.4 is 4.74 Å². The lowest BCUT2D eigenvalue weighted by Crippen LogP contribution is -2.46. The van der Waals surface area contributed by atoms with Crippen molar-refractivity contribution in [1.82, 2.24) is 4.90 Å². The van der Waals surface area contributed by atoms with Crippen molar-refractivity contribution in [3.63, 3.8) is 0 Å². The molecule has 3 nitrogen and oxygen atoms in total. The van der Waals surface area contributed by atoms with E-state index in [1.54, 1.807) is 12.1 Å². The SMILES string of the molecule is CN1Cc2cc(OCC(F)(F)F)ccc2C(C2(O)CCCCC2)C1. The quantitative estimate of drug-likeness (QED) is 0.905. The van der Waals surface area contributed by atoms with Crippen LogP contribution in [0.2, 0.25) is 0 Å².